The minimum atomic E-state index is -0.733. The van der Waals surface area contributed by atoms with Gasteiger partial charge in [-0.05, 0) is 25.2 Å². The Kier molecular flexibility index (Phi) is 6.73. The quantitative estimate of drug-likeness (QED) is 0.667. The van der Waals surface area contributed by atoms with Crippen molar-refractivity contribution in [3.05, 3.63) is 35.8 Å². The average Bonchev–Trinajstić information content (AvgIpc) is 2.98. The van der Waals surface area contributed by atoms with Crippen LogP contribution in [0.3, 0.4) is 0 Å². The Labute approximate surface area is 153 Å². The molecule has 2 N–H and O–H groups in total. The smallest absolute Gasteiger partial charge is 0.410 e. The number of ether oxygens (including phenoxy) is 1. The van der Waals surface area contributed by atoms with Crippen LogP contribution in [0.15, 0.2) is 28.6 Å². The minimum Gasteiger partial charge on any atom is -0.410 e. The van der Waals surface area contributed by atoms with Crippen LogP contribution in [0, 0.1) is 5.82 Å². The molecule has 2 amide bonds. The monoisotopic (exact) mass is 384 g/mol. The van der Waals surface area contributed by atoms with Gasteiger partial charge in [-0.2, -0.15) is 0 Å². The van der Waals surface area contributed by atoms with Crippen molar-refractivity contribution >= 4 is 41.1 Å². The molecule has 1 heterocycles. The first-order chi connectivity index (χ1) is 11.9. The zero-order chi connectivity index (χ0) is 18.4. The SMILES string of the molecule is CNCCN(C)C(=O)Oc1ccc(F)c(C(=O)Nc2ncc(S)s2)c1. The van der Waals surface area contributed by atoms with Crippen molar-refractivity contribution in [2.45, 2.75) is 4.21 Å². The van der Waals surface area contributed by atoms with E-state index in [0.717, 1.165) is 17.4 Å². The number of amides is 2. The zero-order valence-electron chi connectivity index (χ0n) is 13.6. The molecule has 0 fully saturated rings. The Morgan fingerprint density at radius 3 is 2.84 bits per heavy atom. The summed E-state index contributed by atoms with van der Waals surface area (Å²) in [4.78, 5) is 29.4. The molecule has 0 aliphatic heterocycles. The molecule has 0 saturated heterocycles. The maximum atomic E-state index is 13.9. The van der Waals surface area contributed by atoms with Gasteiger partial charge in [-0.25, -0.2) is 14.2 Å². The Hall–Kier alpha value is -2.17. The van der Waals surface area contributed by atoms with Crippen molar-refractivity contribution in [3.8, 4) is 5.75 Å². The largest absolute Gasteiger partial charge is 0.415 e. The molecular weight excluding hydrogens is 367 g/mol. The van der Waals surface area contributed by atoms with Crippen LogP contribution in [-0.4, -0.2) is 49.1 Å². The second kappa shape index (κ2) is 8.79. The molecule has 1 aromatic carbocycles. The maximum Gasteiger partial charge on any atom is 0.415 e. The zero-order valence-corrected chi connectivity index (χ0v) is 15.3. The number of carbonyl (C=O) groups excluding carboxylic acids is 2. The van der Waals surface area contributed by atoms with E-state index in [0.29, 0.717) is 22.4 Å². The van der Waals surface area contributed by atoms with E-state index < -0.39 is 17.8 Å². The number of halogens is 1. The molecule has 0 aliphatic rings. The number of thiazole rings is 1. The molecule has 2 aromatic rings. The van der Waals surface area contributed by atoms with Crippen LogP contribution < -0.4 is 15.4 Å². The topological polar surface area (TPSA) is 83.6 Å². The fourth-order valence-corrected chi connectivity index (χ4v) is 2.65. The van der Waals surface area contributed by atoms with Gasteiger partial charge in [-0.1, -0.05) is 11.3 Å². The van der Waals surface area contributed by atoms with Gasteiger partial charge >= 0.3 is 6.09 Å². The van der Waals surface area contributed by atoms with Gasteiger partial charge in [-0.15, -0.1) is 12.6 Å². The van der Waals surface area contributed by atoms with Crippen LogP contribution in [0.1, 0.15) is 10.4 Å². The molecule has 2 rings (SSSR count). The first-order valence-corrected chi connectivity index (χ1v) is 8.50. The van der Waals surface area contributed by atoms with Gasteiger partial charge in [0.15, 0.2) is 5.13 Å². The van der Waals surface area contributed by atoms with Crippen LogP contribution >= 0.6 is 24.0 Å². The molecule has 0 radical (unpaired) electrons. The third-order valence-corrected chi connectivity index (χ3v) is 4.22. The number of aromatic nitrogens is 1. The molecule has 10 heteroatoms. The number of nitrogens with zero attached hydrogens (tertiary/aromatic N) is 2. The minimum absolute atomic E-state index is 0.0712. The Morgan fingerprint density at radius 1 is 1.44 bits per heavy atom. The average molecular weight is 384 g/mol. The van der Waals surface area contributed by atoms with Crippen LogP contribution in [0.25, 0.3) is 0 Å². The summed E-state index contributed by atoms with van der Waals surface area (Å²) in [6, 6.07) is 3.52. The molecular formula is C15H17FN4O3S2. The van der Waals surface area contributed by atoms with E-state index in [4.69, 9.17) is 4.74 Å². The van der Waals surface area contributed by atoms with Gasteiger partial charge in [0.1, 0.15) is 11.6 Å². The summed E-state index contributed by atoms with van der Waals surface area (Å²) in [5, 5.41) is 5.68. The van der Waals surface area contributed by atoms with Crippen molar-refractivity contribution in [2.75, 3.05) is 32.5 Å². The van der Waals surface area contributed by atoms with Crippen LogP contribution in [0.5, 0.6) is 5.75 Å². The Bertz CT molecular complexity index is 769. The van der Waals surface area contributed by atoms with Crippen molar-refractivity contribution in [1.82, 2.24) is 15.2 Å². The predicted octanol–water partition coefficient (Wildman–Crippen LogP) is 2.47. The summed E-state index contributed by atoms with van der Waals surface area (Å²) in [5.74, 6) is -1.35. The third kappa shape index (κ3) is 5.41. The number of rotatable bonds is 6. The number of benzene rings is 1. The van der Waals surface area contributed by atoms with E-state index >= 15 is 0 Å². The number of likely N-dealkylation sites (N-methyl/N-ethyl adjacent to an activating group) is 2. The highest BCUT2D eigenvalue weighted by molar-refractivity contribution is 7.83. The number of nitrogens with one attached hydrogen (secondary N) is 2. The highest BCUT2D eigenvalue weighted by Gasteiger charge is 2.17. The highest BCUT2D eigenvalue weighted by Crippen LogP contribution is 2.23. The second-order valence-corrected chi connectivity index (χ2v) is 6.81. The normalized spacial score (nSPS) is 10.4. The first-order valence-electron chi connectivity index (χ1n) is 7.24. The van der Waals surface area contributed by atoms with Gasteiger partial charge in [0.25, 0.3) is 5.91 Å². The lowest BCUT2D eigenvalue weighted by atomic mass is 10.2. The molecule has 0 saturated carbocycles. The summed E-state index contributed by atoms with van der Waals surface area (Å²) in [5.41, 5.74) is -0.251. The molecule has 0 spiro atoms. The standard InChI is InChI=1S/C15H17FN4O3S2/c1-17-5-6-20(2)15(22)23-9-3-4-11(16)10(7-9)13(21)19-14-18-8-12(24)25-14/h3-4,7-8,17,24H,5-6H2,1-2H3,(H,18,19,21). The third-order valence-electron chi connectivity index (χ3n) is 3.11. The van der Waals surface area contributed by atoms with Gasteiger partial charge < -0.3 is 15.0 Å². The predicted molar refractivity (Wildman–Crippen MR) is 96.3 cm³/mol. The molecule has 1 aromatic heterocycles. The fourth-order valence-electron chi connectivity index (χ4n) is 1.78. The molecule has 7 nitrogen and oxygen atoms in total. The lowest BCUT2D eigenvalue weighted by Crippen LogP contribution is -2.34. The van der Waals surface area contributed by atoms with Crippen LogP contribution in [0.4, 0.5) is 14.3 Å². The van der Waals surface area contributed by atoms with Crippen molar-refractivity contribution < 1.29 is 18.7 Å². The summed E-state index contributed by atoms with van der Waals surface area (Å²) in [6.45, 7) is 1.05. The van der Waals surface area contributed by atoms with E-state index in [1.54, 1.807) is 14.1 Å². The van der Waals surface area contributed by atoms with E-state index in [-0.39, 0.29) is 11.3 Å². The summed E-state index contributed by atoms with van der Waals surface area (Å²) >= 11 is 5.24. The number of anilines is 1. The number of hydrogen-bond acceptors (Lipinski definition) is 7. The number of carbonyl (C=O) groups is 2. The highest BCUT2D eigenvalue weighted by atomic mass is 32.2. The van der Waals surface area contributed by atoms with Gasteiger partial charge in [0.2, 0.25) is 0 Å². The second-order valence-electron chi connectivity index (χ2n) is 4.99. The van der Waals surface area contributed by atoms with E-state index in [2.05, 4.69) is 28.2 Å². The lowest BCUT2D eigenvalue weighted by Gasteiger charge is -2.16. The maximum absolute atomic E-state index is 13.9. The van der Waals surface area contributed by atoms with Gasteiger partial charge in [-0.3, -0.25) is 10.1 Å². The van der Waals surface area contributed by atoms with E-state index in [9.17, 15) is 14.0 Å². The van der Waals surface area contributed by atoms with Crippen molar-refractivity contribution in [2.24, 2.45) is 0 Å². The molecule has 0 atom stereocenters. The van der Waals surface area contributed by atoms with Crippen LogP contribution in [-0.2, 0) is 0 Å². The number of hydrogen-bond donors (Lipinski definition) is 3. The molecule has 0 aliphatic carbocycles. The summed E-state index contributed by atoms with van der Waals surface area (Å²) < 4.78 is 19.7. The number of thiol groups is 1. The van der Waals surface area contributed by atoms with E-state index in [1.165, 1.54) is 23.2 Å². The Balaban J connectivity index is 2.08. The summed E-state index contributed by atoms with van der Waals surface area (Å²) in [6.07, 6.45) is 0.867. The first kappa shape index (κ1) is 19.2. The summed E-state index contributed by atoms with van der Waals surface area (Å²) in [7, 11) is 3.34. The van der Waals surface area contributed by atoms with Crippen molar-refractivity contribution in [3.63, 3.8) is 0 Å². The Morgan fingerprint density at radius 2 is 2.20 bits per heavy atom. The lowest BCUT2D eigenvalue weighted by molar-refractivity contribution is 0.102. The van der Waals surface area contributed by atoms with E-state index in [1.807, 2.05) is 0 Å². The van der Waals surface area contributed by atoms with Crippen LogP contribution in [0.2, 0.25) is 0 Å². The molecule has 0 unspecified atom stereocenters. The fraction of sp³-hybridized carbons (Fsp3) is 0.267. The molecule has 0 bridgehead atoms. The van der Waals surface area contributed by atoms with Gasteiger partial charge in [0, 0.05) is 20.1 Å². The van der Waals surface area contributed by atoms with Crippen molar-refractivity contribution in [1.29, 1.82) is 0 Å². The molecule has 134 valence electrons. The van der Waals surface area contributed by atoms with Gasteiger partial charge in [0.05, 0.1) is 16.0 Å². The molecule has 25 heavy (non-hydrogen) atoms.